The molecule has 0 spiro atoms. The molecule has 0 saturated carbocycles. The second-order valence-electron chi connectivity index (χ2n) is 6.13. The van der Waals surface area contributed by atoms with Crippen LogP contribution in [-0.4, -0.2) is 22.7 Å². The summed E-state index contributed by atoms with van der Waals surface area (Å²) in [4.78, 5) is 10.6. The van der Waals surface area contributed by atoms with Gasteiger partial charge in [-0.1, -0.05) is 40.9 Å². The second kappa shape index (κ2) is 8.97. The zero-order valence-electron chi connectivity index (χ0n) is 15.5. The van der Waals surface area contributed by atoms with Gasteiger partial charge in [0.05, 0.1) is 36.2 Å². The molecule has 31 heavy (non-hydrogen) atoms. The molecule has 0 bridgehead atoms. The van der Waals surface area contributed by atoms with Gasteiger partial charge in [0.25, 0.3) is 10.0 Å². The number of rotatable bonds is 6. The number of anilines is 2. The summed E-state index contributed by atoms with van der Waals surface area (Å²) >= 11 is 19.1. The number of halogens is 3. The van der Waals surface area contributed by atoms with Gasteiger partial charge in [-0.05, 0) is 41.8 Å². The van der Waals surface area contributed by atoms with E-state index >= 15 is 0 Å². The van der Waals surface area contributed by atoms with Crippen molar-refractivity contribution in [2.45, 2.75) is 20.9 Å². The average molecular weight is 540 g/mol. The monoisotopic (exact) mass is 538 g/mol. The van der Waals surface area contributed by atoms with Crippen molar-refractivity contribution in [3.05, 3.63) is 62.9 Å². The lowest BCUT2D eigenvalue weighted by Crippen LogP contribution is -2.15. The lowest BCUT2D eigenvalue weighted by Gasteiger charge is -2.15. The van der Waals surface area contributed by atoms with Gasteiger partial charge in [-0.3, -0.25) is 9.52 Å². The molecule has 7 nitrogen and oxygen atoms in total. The highest BCUT2D eigenvalue weighted by atomic mass is 35.5. The molecule has 3 aromatic rings. The molecule has 13 heteroatoms. The summed E-state index contributed by atoms with van der Waals surface area (Å²) in [6.45, 7) is 1.28. The van der Waals surface area contributed by atoms with Crippen LogP contribution in [0.2, 0.25) is 15.1 Å². The Labute approximate surface area is 197 Å². The van der Waals surface area contributed by atoms with Crippen LogP contribution in [0.15, 0.2) is 61.8 Å². The highest BCUT2D eigenvalue weighted by Gasteiger charge is 2.27. The number of thiophene rings is 1. The van der Waals surface area contributed by atoms with E-state index in [1.165, 1.54) is 25.1 Å². The van der Waals surface area contributed by atoms with E-state index in [0.717, 1.165) is 29.5 Å². The Morgan fingerprint density at radius 3 is 2.16 bits per heavy atom. The number of hydrogen-bond acceptors (Lipinski definition) is 6. The third-order valence-electron chi connectivity index (χ3n) is 3.88. The van der Waals surface area contributed by atoms with E-state index in [1.54, 1.807) is 11.4 Å². The molecule has 164 valence electrons. The molecule has 3 rings (SSSR count). The van der Waals surface area contributed by atoms with Crippen LogP contribution >= 0.6 is 46.1 Å². The molecule has 0 unspecified atom stereocenters. The first-order valence-electron chi connectivity index (χ1n) is 8.29. The van der Waals surface area contributed by atoms with Gasteiger partial charge < -0.3 is 5.32 Å². The summed E-state index contributed by atoms with van der Waals surface area (Å²) in [6, 6.07) is 8.79. The lowest BCUT2D eigenvalue weighted by molar-refractivity contribution is -0.114. The molecule has 0 atom stereocenters. The van der Waals surface area contributed by atoms with Gasteiger partial charge in [0, 0.05) is 6.92 Å². The van der Waals surface area contributed by atoms with Crippen LogP contribution in [0.25, 0.3) is 0 Å². The van der Waals surface area contributed by atoms with Gasteiger partial charge in [0.2, 0.25) is 15.7 Å². The molecule has 2 aromatic carbocycles. The molecule has 1 aromatic heterocycles. The number of carbonyl (C=O) groups is 1. The summed E-state index contributed by atoms with van der Waals surface area (Å²) in [7, 11) is -8.35. The van der Waals surface area contributed by atoms with Crippen molar-refractivity contribution in [2.24, 2.45) is 0 Å². The van der Waals surface area contributed by atoms with Gasteiger partial charge in [0.15, 0.2) is 0 Å². The standard InChI is InChI=1S/C18H13Cl3N2O5S3/c1-10(24)22-15-5-4-11(7-14(15)21)30(25,26)17-9-13(20)12(19)8-16(17)23-31(27,28)18-3-2-6-29-18/h2-9,23H,1H3,(H,22,24). The fourth-order valence-corrected chi connectivity index (χ4v) is 6.78. The summed E-state index contributed by atoms with van der Waals surface area (Å²) < 4.78 is 54.1. The largest absolute Gasteiger partial charge is 0.325 e. The number of sulfonamides is 1. The van der Waals surface area contributed by atoms with Crippen LogP contribution < -0.4 is 10.0 Å². The van der Waals surface area contributed by atoms with E-state index in [0.29, 0.717) is 0 Å². The number of carbonyl (C=O) groups excluding carboxylic acids is 1. The van der Waals surface area contributed by atoms with Gasteiger partial charge in [-0.25, -0.2) is 16.8 Å². The second-order valence-corrected chi connectivity index (χ2v) is 12.1. The molecular formula is C18H13Cl3N2O5S3. The Morgan fingerprint density at radius 1 is 0.903 bits per heavy atom. The van der Waals surface area contributed by atoms with E-state index in [1.807, 2.05) is 0 Å². The predicted octanol–water partition coefficient (Wildman–Crippen LogP) is 5.30. The van der Waals surface area contributed by atoms with Gasteiger partial charge >= 0.3 is 0 Å². The molecule has 1 heterocycles. The van der Waals surface area contributed by atoms with Crippen LogP contribution in [-0.2, 0) is 24.7 Å². The third-order valence-corrected chi connectivity index (χ3v) is 9.47. The first-order valence-corrected chi connectivity index (χ1v) is 13.3. The molecule has 0 radical (unpaired) electrons. The minimum absolute atomic E-state index is 0.00961. The average Bonchev–Trinajstić information content (AvgIpc) is 3.21. The van der Waals surface area contributed by atoms with Crippen LogP contribution in [0.1, 0.15) is 6.92 Å². The molecule has 0 aliphatic carbocycles. The zero-order valence-corrected chi connectivity index (χ0v) is 20.2. The number of amides is 1. The van der Waals surface area contributed by atoms with E-state index in [-0.39, 0.29) is 41.5 Å². The third kappa shape index (κ3) is 5.16. The van der Waals surface area contributed by atoms with Crippen LogP contribution in [0.5, 0.6) is 0 Å². The van der Waals surface area contributed by atoms with Crippen molar-refractivity contribution in [1.29, 1.82) is 0 Å². The highest BCUT2D eigenvalue weighted by Crippen LogP contribution is 2.37. The summed E-state index contributed by atoms with van der Waals surface area (Å²) in [5.74, 6) is -0.382. The van der Waals surface area contributed by atoms with Crippen LogP contribution in [0, 0.1) is 0 Å². The van der Waals surface area contributed by atoms with Crippen LogP contribution in [0.3, 0.4) is 0 Å². The van der Waals surface area contributed by atoms with Gasteiger partial charge in [0.1, 0.15) is 4.21 Å². The van der Waals surface area contributed by atoms with E-state index in [9.17, 15) is 21.6 Å². The molecule has 0 aliphatic rings. The minimum Gasteiger partial charge on any atom is -0.325 e. The highest BCUT2D eigenvalue weighted by molar-refractivity contribution is 7.95. The fourth-order valence-electron chi connectivity index (χ4n) is 2.52. The number of benzene rings is 2. The molecule has 0 saturated heterocycles. The lowest BCUT2D eigenvalue weighted by atomic mass is 10.3. The summed E-state index contributed by atoms with van der Waals surface area (Å²) in [5.41, 5.74) is -0.0502. The first kappa shape index (κ1) is 23.8. The molecule has 2 N–H and O–H groups in total. The fraction of sp³-hybridized carbons (Fsp3) is 0.0556. The van der Waals surface area contributed by atoms with Crippen molar-refractivity contribution in [2.75, 3.05) is 10.0 Å². The van der Waals surface area contributed by atoms with E-state index in [2.05, 4.69) is 10.0 Å². The van der Waals surface area contributed by atoms with Gasteiger partial charge in [-0.15, -0.1) is 11.3 Å². The van der Waals surface area contributed by atoms with Crippen LogP contribution in [0.4, 0.5) is 11.4 Å². The SMILES string of the molecule is CC(=O)Nc1ccc(S(=O)(=O)c2cc(Cl)c(Cl)cc2NS(=O)(=O)c2cccs2)cc1Cl. The normalized spacial score (nSPS) is 11.9. The maximum absolute atomic E-state index is 13.3. The molecule has 0 fully saturated rings. The Balaban J connectivity index is 2.12. The quantitative estimate of drug-likeness (QED) is 0.442. The number of hydrogen-bond donors (Lipinski definition) is 2. The van der Waals surface area contributed by atoms with Crippen molar-refractivity contribution >= 4 is 83.3 Å². The van der Waals surface area contributed by atoms with Gasteiger partial charge in [-0.2, -0.15) is 0 Å². The maximum Gasteiger partial charge on any atom is 0.271 e. The molecular weight excluding hydrogens is 527 g/mol. The Bertz CT molecular complexity index is 1370. The topological polar surface area (TPSA) is 109 Å². The smallest absolute Gasteiger partial charge is 0.271 e. The maximum atomic E-state index is 13.3. The Hall–Kier alpha value is -1.82. The number of sulfone groups is 1. The van der Waals surface area contributed by atoms with Crippen molar-refractivity contribution in [3.63, 3.8) is 0 Å². The summed E-state index contributed by atoms with van der Waals surface area (Å²) in [5, 5.41) is 3.90. The first-order chi connectivity index (χ1) is 14.4. The van der Waals surface area contributed by atoms with Crippen molar-refractivity contribution < 1.29 is 21.6 Å². The predicted molar refractivity (Wildman–Crippen MR) is 123 cm³/mol. The van der Waals surface area contributed by atoms with Crippen molar-refractivity contribution in [3.8, 4) is 0 Å². The molecule has 1 amide bonds. The zero-order chi connectivity index (χ0) is 23.0. The van der Waals surface area contributed by atoms with E-state index in [4.69, 9.17) is 34.8 Å². The Morgan fingerprint density at radius 2 is 1.58 bits per heavy atom. The number of nitrogens with one attached hydrogen (secondary N) is 2. The van der Waals surface area contributed by atoms with Crippen molar-refractivity contribution in [1.82, 2.24) is 0 Å². The Kier molecular flexibility index (Phi) is 6.90. The van der Waals surface area contributed by atoms with E-state index < -0.39 is 24.8 Å². The summed E-state index contributed by atoms with van der Waals surface area (Å²) in [6.07, 6.45) is 0. The minimum atomic E-state index is -4.28. The molecule has 0 aliphatic heterocycles.